The van der Waals surface area contributed by atoms with Gasteiger partial charge >= 0.3 is 13.8 Å². The zero-order chi connectivity index (χ0) is 54.3. The molecule has 0 aromatic heterocycles. The third-order valence-electron chi connectivity index (χ3n) is 12.8. The highest BCUT2D eigenvalue weighted by molar-refractivity contribution is 7.47. The van der Waals surface area contributed by atoms with Crippen molar-refractivity contribution in [1.29, 1.82) is 0 Å². The summed E-state index contributed by atoms with van der Waals surface area (Å²) in [6.45, 7) is 6.83. The first-order chi connectivity index (χ1) is 35.9. The highest BCUT2D eigenvalue weighted by atomic mass is 31.2. The summed E-state index contributed by atoms with van der Waals surface area (Å²) in [5.74, 6) is -0.549. The minimum Gasteiger partial charge on any atom is -0.456 e. The molecule has 0 aromatic rings. The summed E-state index contributed by atoms with van der Waals surface area (Å²) in [7, 11) is 1.46. The summed E-state index contributed by atoms with van der Waals surface area (Å²) in [5, 5.41) is 3.04. The lowest BCUT2D eigenvalue weighted by Crippen LogP contribution is -2.47. The molecule has 2 N–H and O–H groups in total. The Kier molecular flexibility index (Phi) is 51.1. The molecule has 0 saturated carbocycles. The fraction of sp³-hybridized carbons (Fsp3) is 0.719. The molecular formula is C64H114N2O7P+. The van der Waals surface area contributed by atoms with E-state index >= 15 is 0 Å². The molecule has 74 heavy (non-hydrogen) atoms. The van der Waals surface area contributed by atoms with Crippen LogP contribution in [0.1, 0.15) is 245 Å². The van der Waals surface area contributed by atoms with E-state index in [2.05, 4.69) is 111 Å². The molecule has 0 rings (SSSR count). The van der Waals surface area contributed by atoms with Gasteiger partial charge in [0, 0.05) is 12.8 Å². The molecule has 0 spiro atoms. The smallest absolute Gasteiger partial charge is 0.456 e. The van der Waals surface area contributed by atoms with Gasteiger partial charge in [-0.15, -0.1) is 0 Å². The highest BCUT2D eigenvalue weighted by Gasteiger charge is 2.30. The van der Waals surface area contributed by atoms with Gasteiger partial charge in [0.25, 0.3) is 0 Å². The normalized spacial score (nSPS) is 14.4. The molecular weight excluding hydrogens is 940 g/mol. The summed E-state index contributed by atoms with van der Waals surface area (Å²) in [6.07, 6.45) is 71.2. The first-order valence-electron chi connectivity index (χ1n) is 30.1. The van der Waals surface area contributed by atoms with Crippen LogP contribution >= 0.6 is 7.82 Å². The summed E-state index contributed by atoms with van der Waals surface area (Å²) in [5.41, 5.74) is 0. The number of allylic oxidation sites excluding steroid dienone is 15. The van der Waals surface area contributed by atoms with Gasteiger partial charge in [-0.05, 0) is 109 Å². The lowest BCUT2D eigenvalue weighted by molar-refractivity contribution is -0.870. The van der Waals surface area contributed by atoms with Crippen molar-refractivity contribution in [3.8, 4) is 0 Å². The van der Waals surface area contributed by atoms with Gasteiger partial charge in [0.1, 0.15) is 19.3 Å². The average molecular weight is 1050 g/mol. The van der Waals surface area contributed by atoms with E-state index in [9.17, 15) is 19.0 Å². The maximum Gasteiger partial charge on any atom is 0.472 e. The zero-order valence-electron chi connectivity index (χ0n) is 48.6. The van der Waals surface area contributed by atoms with Crippen molar-refractivity contribution < 1.29 is 37.3 Å². The van der Waals surface area contributed by atoms with Crippen molar-refractivity contribution in [2.24, 2.45) is 0 Å². The molecule has 0 fully saturated rings. The predicted octanol–water partition coefficient (Wildman–Crippen LogP) is 18.4. The van der Waals surface area contributed by atoms with Gasteiger partial charge in [-0.25, -0.2) is 4.57 Å². The van der Waals surface area contributed by atoms with Crippen LogP contribution in [0.5, 0.6) is 0 Å². The number of phosphoric acid groups is 1. The minimum absolute atomic E-state index is 0.0293. The number of quaternary nitrogens is 1. The van der Waals surface area contributed by atoms with E-state index in [-0.39, 0.29) is 31.5 Å². The molecule has 1 amide bonds. The number of carbonyl (C=O) groups excluding carboxylic acids is 2. The Morgan fingerprint density at radius 2 is 0.865 bits per heavy atom. The van der Waals surface area contributed by atoms with Crippen LogP contribution in [0.2, 0.25) is 0 Å². The number of amides is 1. The summed E-state index contributed by atoms with van der Waals surface area (Å²) >= 11 is 0. The summed E-state index contributed by atoms with van der Waals surface area (Å²) in [6, 6.07) is -0.868. The number of hydrogen-bond acceptors (Lipinski definition) is 6. The van der Waals surface area contributed by atoms with Crippen molar-refractivity contribution in [3.05, 3.63) is 97.2 Å². The molecule has 3 atom stereocenters. The van der Waals surface area contributed by atoms with Gasteiger partial charge in [-0.3, -0.25) is 18.6 Å². The fourth-order valence-electron chi connectivity index (χ4n) is 8.11. The van der Waals surface area contributed by atoms with E-state index in [0.29, 0.717) is 23.9 Å². The van der Waals surface area contributed by atoms with Crippen LogP contribution in [-0.2, 0) is 27.9 Å². The Balaban J connectivity index is 5.25. The number of phosphoric ester groups is 1. The van der Waals surface area contributed by atoms with Crippen molar-refractivity contribution in [3.63, 3.8) is 0 Å². The number of carbonyl (C=O) groups is 2. The first kappa shape index (κ1) is 70.9. The third kappa shape index (κ3) is 53.7. The monoisotopic (exact) mass is 1050 g/mol. The molecule has 0 aliphatic heterocycles. The number of ether oxygens (including phenoxy) is 1. The van der Waals surface area contributed by atoms with Crippen molar-refractivity contribution >= 4 is 19.7 Å². The number of rotatable bonds is 53. The zero-order valence-corrected chi connectivity index (χ0v) is 49.4. The van der Waals surface area contributed by atoms with Gasteiger partial charge in [-0.1, -0.05) is 221 Å². The van der Waals surface area contributed by atoms with Crippen LogP contribution in [0.3, 0.4) is 0 Å². The highest BCUT2D eigenvalue weighted by Crippen LogP contribution is 2.43. The quantitative estimate of drug-likeness (QED) is 0.0205. The van der Waals surface area contributed by atoms with Gasteiger partial charge in [-0.2, -0.15) is 0 Å². The Morgan fingerprint density at radius 1 is 0.486 bits per heavy atom. The Labute approximate surface area is 456 Å². The number of hydrogen-bond donors (Lipinski definition) is 2. The fourth-order valence-corrected chi connectivity index (χ4v) is 8.85. The van der Waals surface area contributed by atoms with E-state index in [1.54, 1.807) is 0 Å². The molecule has 426 valence electrons. The number of likely N-dealkylation sites (N-methyl/N-ethyl adjacent to an activating group) is 1. The van der Waals surface area contributed by atoms with E-state index < -0.39 is 20.0 Å². The second-order valence-electron chi connectivity index (χ2n) is 21.1. The maximum atomic E-state index is 13.5. The van der Waals surface area contributed by atoms with Gasteiger partial charge in [0.05, 0.1) is 33.8 Å². The topological polar surface area (TPSA) is 111 Å². The molecule has 0 heterocycles. The van der Waals surface area contributed by atoms with Gasteiger partial charge in [0.15, 0.2) is 0 Å². The van der Waals surface area contributed by atoms with Gasteiger partial charge < -0.3 is 19.4 Å². The van der Waals surface area contributed by atoms with Crippen LogP contribution in [0.25, 0.3) is 0 Å². The molecule has 0 radical (unpaired) electrons. The lowest BCUT2D eigenvalue weighted by atomic mass is 10.1. The largest absolute Gasteiger partial charge is 0.472 e. The van der Waals surface area contributed by atoms with Crippen LogP contribution < -0.4 is 5.32 Å². The second kappa shape index (κ2) is 53.3. The van der Waals surface area contributed by atoms with Gasteiger partial charge in [0.2, 0.25) is 5.91 Å². The Hall–Kier alpha value is -3.07. The van der Waals surface area contributed by atoms with Crippen molar-refractivity contribution in [1.82, 2.24) is 5.32 Å². The SMILES string of the molecule is CC/C=C/C/C=C/C/C=C/CCCCCCC(=O)OC(/C=C\CCCCCCCCCCC)C(COP(=O)(O)OCC[N+](C)(C)C)NC(=O)CCCCCCCCC/C=C\C/C=C\C/C=C\C/C=C\CCCCC. The van der Waals surface area contributed by atoms with E-state index in [0.717, 1.165) is 116 Å². The lowest BCUT2D eigenvalue weighted by Gasteiger charge is -2.27. The van der Waals surface area contributed by atoms with Crippen molar-refractivity contribution in [2.45, 2.75) is 258 Å². The summed E-state index contributed by atoms with van der Waals surface area (Å²) < 4.78 is 30.6. The predicted molar refractivity (Wildman–Crippen MR) is 318 cm³/mol. The standard InChI is InChI=1S/C64H113N2O7P/c1-7-10-13-16-19-22-25-27-29-30-31-32-33-34-35-36-37-38-41-44-47-50-53-56-63(67)65-61(60-72-74(69,70)71-59-58-66(4,5)6)62(55-52-49-46-43-40-24-21-18-15-12-9-3)73-64(68)57-54-51-48-45-42-39-28-26-23-20-17-14-11-8-2/h11,14,19-20,22-23,27-29,31-32,34-35,39,52,55,61-62H,7-10,12-13,15-18,21,24-26,30,33,36-38,40-51,53-54,56-60H2,1-6H3,(H-,65,67,69,70)/p+1/b14-11+,22-19-,23-20+,29-27-,32-31-,35-34-,39-28+,55-52-. The molecule has 0 saturated heterocycles. The summed E-state index contributed by atoms with van der Waals surface area (Å²) in [4.78, 5) is 37.6. The number of nitrogens with one attached hydrogen (secondary N) is 1. The molecule has 0 aliphatic rings. The van der Waals surface area contributed by atoms with Crippen molar-refractivity contribution in [2.75, 3.05) is 40.9 Å². The van der Waals surface area contributed by atoms with E-state index in [1.807, 2.05) is 33.3 Å². The van der Waals surface area contributed by atoms with E-state index in [4.69, 9.17) is 13.8 Å². The molecule has 9 nitrogen and oxygen atoms in total. The molecule has 0 bridgehead atoms. The van der Waals surface area contributed by atoms with Crippen LogP contribution in [0.4, 0.5) is 0 Å². The van der Waals surface area contributed by atoms with Crippen LogP contribution in [0, 0.1) is 0 Å². The number of esters is 1. The Morgan fingerprint density at radius 3 is 1.32 bits per heavy atom. The first-order valence-corrected chi connectivity index (χ1v) is 31.6. The van der Waals surface area contributed by atoms with E-state index in [1.165, 1.54) is 89.9 Å². The minimum atomic E-state index is -4.46. The number of nitrogens with zero attached hydrogens (tertiary/aromatic N) is 1. The Bertz CT molecular complexity index is 1590. The number of unbranched alkanes of at least 4 members (excludes halogenated alkanes) is 23. The van der Waals surface area contributed by atoms with Crippen LogP contribution in [-0.4, -0.2) is 74.3 Å². The molecule has 0 aromatic carbocycles. The molecule has 0 aliphatic carbocycles. The van der Waals surface area contributed by atoms with Crippen LogP contribution in [0.15, 0.2) is 97.2 Å². The molecule has 10 heteroatoms. The maximum absolute atomic E-state index is 13.5. The second-order valence-corrected chi connectivity index (χ2v) is 22.6. The third-order valence-corrected chi connectivity index (χ3v) is 13.7. The average Bonchev–Trinajstić information content (AvgIpc) is 3.36. The molecule has 3 unspecified atom stereocenters.